The fraction of sp³-hybridized carbons (Fsp3) is 0.172. The fourth-order valence-electron chi connectivity index (χ4n) is 3.71. The third-order valence-corrected chi connectivity index (χ3v) is 5.57. The molecule has 0 saturated carbocycles. The van der Waals surface area contributed by atoms with Gasteiger partial charge >= 0.3 is 0 Å². The molecule has 0 aliphatic rings. The van der Waals surface area contributed by atoms with Crippen LogP contribution in [-0.4, -0.2) is 14.2 Å². The first kappa shape index (κ1) is 21.5. The molecule has 0 aromatic heterocycles. The molecule has 0 bridgehead atoms. The number of methoxy groups -OCH3 is 2. The van der Waals surface area contributed by atoms with Gasteiger partial charge in [-0.3, -0.25) is 0 Å². The molecule has 0 saturated heterocycles. The van der Waals surface area contributed by atoms with Crippen molar-refractivity contribution in [2.45, 2.75) is 19.4 Å². The fourth-order valence-corrected chi connectivity index (χ4v) is 3.71. The van der Waals surface area contributed by atoms with Crippen LogP contribution in [0, 0.1) is 0 Å². The average Bonchev–Trinajstić information content (AvgIpc) is 2.87. The van der Waals surface area contributed by atoms with E-state index < -0.39 is 0 Å². The Morgan fingerprint density at radius 3 is 1.91 bits per heavy atom. The van der Waals surface area contributed by atoms with Crippen LogP contribution in [0.4, 0.5) is 0 Å². The minimum absolute atomic E-state index is 0.562. The van der Waals surface area contributed by atoms with Crippen molar-refractivity contribution in [1.29, 1.82) is 0 Å². The monoisotopic (exact) mass is 424 g/mol. The molecule has 4 aromatic rings. The van der Waals surface area contributed by atoms with Crippen LogP contribution >= 0.6 is 0 Å². The molecule has 0 N–H and O–H groups in total. The van der Waals surface area contributed by atoms with Gasteiger partial charge in [0.05, 0.1) is 14.2 Å². The predicted octanol–water partition coefficient (Wildman–Crippen LogP) is 6.74. The van der Waals surface area contributed by atoms with Crippen LogP contribution in [0.5, 0.6) is 17.2 Å². The summed E-state index contributed by atoms with van der Waals surface area (Å²) in [4.78, 5) is 0. The van der Waals surface area contributed by atoms with E-state index in [1.165, 1.54) is 16.7 Å². The largest absolute Gasteiger partial charge is 0.497 e. The molecule has 162 valence electrons. The third kappa shape index (κ3) is 5.50. The van der Waals surface area contributed by atoms with Gasteiger partial charge < -0.3 is 14.2 Å². The van der Waals surface area contributed by atoms with Gasteiger partial charge in [0.2, 0.25) is 0 Å². The summed E-state index contributed by atoms with van der Waals surface area (Å²) in [6, 6.07) is 33.1. The molecule has 0 atom stereocenters. The van der Waals surface area contributed by atoms with Crippen molar-refractivity contribution in [1.82, 2.24) is 0 Å². The second-order valence-electron chi connectivity index (χ2n) is 7.67. The van der Waals surface area contributed by atoms with E-state index in [1.807, 2.05) is 48.5 Å². The zero-order valence-corrected chi connectivity index (χ0v) is 18.6. The van der Waals surface area contributed by atoms with E-state index in [0.717, 1.165) is 41.2 Å². The second kappa shape index (κ2) is 10.5. The SMILES string of the molecule is COc1ccc(CCc2ccc(OC)cc2-c2ccc(OCc3ccccc3)cc2)cc1. The molecular weight excluding hydrogens is 396 g/mol. The van der Waals surface area contributed by atoms with Gasteiger partial charge in [0.15, 0.2) is 0 Å². The van der Waals surface area contributed by atoms with Crippen LogP contribution in [0.1, 0.15) is 16.7 Å². The van der Waals surface area contributed by atoms with Crippen LogP contribution in [-0.2, 0) is 19.4 Å². The summed E-state index contributed by atoms with van der Waals surface area (Å²) < 4.78 is 16.7. The number of ether oxygens (including phenoxy) is 3. The molecule has 0 aliphatic carbocycles. The molecule has 0 aliphatic heterocycles. The number of aryl methyl sites for hydroxylation is 2. The lowest BCUT2D eigenvalue weighted by Crippen LogP contribution is -1.97. The maximum Gasteiger partial charge on any atom is 0.119 e. The number of hydrogen-bond donors (Lipinski definition) is 0. The molecule has 0 unspecified atom stereocenters. The minimum atomic E-state index is 0.562. The van der Waals surface area contributed by atoms with E-state index in [1.54, 1.807) is 14.2 Å². The van der Waals surface area contributed by atoms with Crippen molar-refractivity contribution >= 4 is 0 Å². The highest BCUT2D eigenvalue weighted by Gasteiger charge is 2.09. The summed E-state index contributed by atoms with van der Waals surface area (Å²) in [6.45, 7) is 0.562. The molecule has 0 spiro atoms. The Hall–Kier alpha value is -3.72. The predicted molar refractivity (Wildman–Crippen MR) is 130 cm³/mol. The summed E-state index contributed by atoms with van der Waals surface area (Å²) >= 11 is 0. The standard InChI is InChI=1S/C29H28O3/c1-30-26-15-9-22(10-16-26)8-11-24-14-19-28(31-2)20-29(24)25-12-17-27(18-13-25)32-21-23-6-4-3-5-7-23/h3-7,9-10,12-20H,8,11,21H2,1-2H3. The van der Waals surface area contributed by atoms with Gasteiger partial charge in [-0.1, -0.05) is 60.7 Å². The van der Waals surface area contributed by atoms with Crippen LogP contribution in [0.3, 0.4) is 0 Å². The Kier molecular flexibility index (Phi) is 7.08. The van der Waals surface area contributed by atoms with Crippen LogP contribution < -0.4 is 14.2 Å². The molecule has 0 radical (unpaired) electrons. The Morgan fingerprint density at radius 1 is 0.562 bits per heavy atom. The maximum atomic E-state index is 5.95. The minimum Gasteiger partial charge on any atom is -0.497 e. The van der Waals surface area contributed by atoms with Gasteiger partial charge in [0.1, 0.15) is 23.9 Å². The Labute approximate surface area is 190 Å². The number of benzene rings is 4. The summed E-state index contributed by atoms with van der Waals surface area (Å²) in [5.41, 5.74) is 6.08. The van der Waals surface area contributed by atoms with Gasteiger partial charge in [-0.05, 0) is 77.1 Å². The Bertz CT molecular complexity index is 1120. The van der Waals surface area contributed by atoms with E-state index >= 15 is 0 Å². The average molecular weight is 425 g/mol. The zero-order valence-electron chi connectivity index (χ0n) is 18.6. The smallest absolute Gasteiger partial charge is 0.119 e. The summed E-state index contributed by atoms with van der Waals surface area (Å²) in [5.74, 6) is 2.60. The Balaban J connectivity index is 1.49. The molecule has 4 rings (SSSR count). The number of rotatable bonds is 9. The second-order valence-corrected chi connectivity index (χ2v) is 7.67. The first-order chi connectivity index (χ1) is 15.7. The molecule has 4 aromatic carbocycles. The highest BCUT2D eigenvalue weighted by molar-refractivity contribution is 5.69. The molecule has 3 heteroatoms. The van der Waals surface area contributed by atoms with Crippen molar-refractivity contribution in [3.63, 3.8) is 0 Å². The van der Waals surface area contributed by atoms with Crippen molar-refractivity contribution in [3.05, 3.63) is 114 Å². The lowest BCUT2D eigenvalue weighted by atomic mass is 9.94. The van der Waals surface area contributed by atoms with Crippen LogP contribution in [0.2, 0.25) is 0 Å². The summed E-state index contributed by atoms with van der Waals surface area (Å²) in [7, 11) is 3.40. The zero-order chi connectivity index (χ0) is 22.2. The highest BCUT2D eigenvalue weighted by atomic mass is 16.5. The van der Waals surface area contributed by atoms with Crippen molar-refractivity contribution < 1.29 is 14.2 Å². The summed E-state index contributed by atoms with van der Waals surface area (Å²) in [6.07, 6.45) is 1.90. The van der Waals surface area contributed by atoms with Gasteiger partial charge in [-0.25, -0.2) is 0 Å². The molecule has 0 fully saturated rings. The van der Waals surface area contributed by atoms with Crippen LogP contribution in [0.15, 0.2) is 97.1 Å². The number of hydrogen-bond acceptors (Lipinski definition) is 3. The maximum absolute atomic E-state index is 5.95. The first-order valence-corrected chi connectivity index (χ1v) is 10.8. The topological polar surface area (TPSA) is 27.7 Å². The van der Waals surface area contributed by atoms with Crippen molar-refractivity contribution in [2.24, 2.45) is 0 Å². The summed E-state index contributed by atoms with van der Waals surface area (Å²) in [5, 5.41) is 0. The Morgan fingerprint density at radius 2 is 1.22 bits per heavy atom. The quantitative estimate of drug-likeness (QED) is 0.298. The van der Waals surface area contributed by atoms with Crippen LogP contribution in [0.25, 0.3) is 11.1 Å². The van der Waals surface area contributed by atoms with Gasteiger partial charge in [-0.15, -0.1) is 0 Å². The van der Waals surface area contributed by atoms with E-state index in [0.29, 0.717) is 6.61 Å². The van der Waals surface area contributed by atoms with Crippen molar-refractivity contribution in [2.75, 3.05) is 14.2 Å². The molecule has 0 amide bonds. The van der Waals surface area contributed by atoms with Gasteiger partial charge in [-0.2, -0.15) is 0 Å². The van der Waals surface area contributed by atoms with Gasteiger partial charge in [0, 0.05) is 0 Å². The first-order valence-electron chi connectivity index (χ1n) is 10.8. The normalized spacial score (nSPS) is 10.6. The third-order valence-electron chi connectivity index (χ3n) is 5.57. The molecule has 3 nitrogen and oxygen atoms in total. The van der Waals surface area contributed by atoms with E-state index in [2.05, 4.69) is 48.5 Å². The van der Waals surface area contributed by atoms with E-state index in [-0.39, 0.29) is 0 Å². The lowest BCUT2D eigenvalue weighted by molar-refractivity contribution is 0.306. The molecular formula is C29H28O3. The highest BCUT2D eigenvalue weighted by Crippen LogP contribution is 2.30. The van der Waals surface area contributed by atoms with E-state index in [4.69, 9.17) is 14.2 Å². The lowest BCUT2D eigenvalue weighted by Gasteiger charge is -2.13. The molecule has 0 heterocycles. The molecule has 32 heavy (non-hydrogen) atoms. The van der Waals surface area contributed by atoms with Gasteiger partial charge in [0.25, 0.3) is 0 Å². The van der Waals surface area contributed by atoms with E-state index in [9.17, 15) is 0 Å². The van der Waals surface area contributed by atoms with Crippen molar-refractivity contribution in [3.8, 4) is 28.4 Å².